The van der Waals surface area contributed by atoms with E-state index in [0.29, 0.717) is 6.10 Å². The fourth-order valence-electron chi connectivity index (χ4n) is 3.03. The quantitative estimate of drug-likeness (QED) is 0.634. The average Bonchev–Trinajstić information content (AvgIpc) is 2.87. The summed E-state index contributed by atoms with van der Waals surface area (Å²) in [7, 11) is -0.102. The van der Waals surface area contributed by atoms with Crippen LogP contribution in [0.25, 0.3) is 0 Å². The van der Waals surface area contributed by atoms with Crippen molar-refractivity contribution in [3.05, 3.63) is 0 Å². The first-order chi connectivity index (χ1) is 7.27. The Morgan fingerprint density at radius 3 is 1.60 bits per heavy atom. The molecule has 0 aromatic heterocycles. The van der Waals surface area contributed by atoms with Gasteiger partial charge < -0.3 is 4.52 Å². The summed E-state index contributed by atoms with van der Waals surface area (Å²) in [6.45, 7) is 4.42. The van der Waals surface area contributed by atoms with Crippen LogP contribution >= 0.6 is 8.15 Å². The van der Waals surface area contributed by atoms with Crippen LogP contribution in [0, 0.1) is 0 Å². The van der Waals surface area contributed by atoms with Gasteiger partial charge in [-0.3, -0.25) is 0 Å². The molecule has 0 aliphatic heterocycles. The summed E-state index contributed by atoms with van der Waals surface area (Å²) >= 11 is 0. The minimum atomic E-state index is -0.102. The normalized spacial score (nSPS) is 24.8. The zero-order chi connectivity index (χ0) is 10.7. The molecule has 0 atom stereocenters. The molecule has 0 bridgehead atoms. The maximum absolute atomic E-state index is 6.28. The van der Waals surface area contributed by atoms with Gasteiger partial charge in [0.25, 0.3) is 0 Å². The maximum Gasteiger partial charge on any atom is 0.0561 e. The molecule has 0 N–H and O–H groups in total. The van der Waals surface area contributed by atoms with Crippen LogP contribution in [-0.4, -0.2) is 17.4 Å². The van der Waals surface area contributed by atoms with Gasteiger partial charge in [0.15, 0.2) is 0 Å². The van der Waals surface area contributed by atoms with Crippen LogP contribution < -0.4 is 0 Å². The van der Waals surface area contributed by atoms with Gasteiger partial charge in [-0.15, -0.1) is 0 Å². The van der Waals surface area contributed by atoms with E-state index in [1.54, 1.807) is 0 Å². The Bertz CT molecular complexity index is 165. The lowest BCUT2D eigenvalue weighted by Crippen LogP contribution is -2.15. The highest BCUT2D eigenvalue weighted by Crippen LogP contribution is 2.58. The summed E-state index contributed by atoms with van der Waals surface area (Å²) in [5, 5.41) is 0. The number of hydrogen-bond donors (Lipinski definition) is 0. The molecule has 88 valence electrons. The van der Waals surface area contributed by atoms with E-state index >= 15 is 0 Å². The molecule has 15 heavy (non-hydrogen) atoms. The Hall–Kier alpha value is 0.390. The van der Waals surface area contributed by atoms with Crippen LogP contribution in [0.3, 0.4) is 0 Å². The van der Waals surface area contributed by atoms with E-state index in [1.165, 1.54) is 51.4 Å². The van der Waals surface area contributed by atoms with Crippen molar-refractivity contribution in [1.29, 1.82) is 0 Å². The largest absolute Gasteiger partial charge is 0.356 e. The number of hydrogen-bond acceptors (Lipinski definition) is 1. The fourth-order valence-corrected chi connectivity index (χ4v) is 6.21. The Morgan fingerprint density at radius 2 is 1.27 bits per heavy atom. The van der Waals surface area contributed by atoms with Gasteiger partial charge in [-0.25, -0.2) is 0 Å². The van der Waals surface area contributed by atoms with Crippen molar-refractivity contribution in [3.8, 4) is 0 Å². The summed E-state index contributed by atoms with van der Waals surface area (Å²) in [6.07, 6.45) is 12.1. The minimum Gasteiger partial charge on any atom is -0.356 e. The van der Waals surface area contributed by atoms with Gasteiger partial charge in [0, 0.05) is 19.5 Å². The molecular weight excluding hydrogens is 203 g/mol. The van der Waals surface area contributed by atoms with Crippen LogP contribution in [0.15, 0.2) is 0 Å². The van der Waals surface area contributed by atoms with Crippen LogP contribution in [-0.2, 0) is 4.52 Å². The lowest BCUT2D eigenvalue weighted by Gasteiger charge is -2.30. The standard InChI is InChI=1S/C13H25OP/c1-11(2)14-15(12-7-3-4-8-12)13-9-5-6-10-13/h11-13H,3-10H2,1-2H3. The molecule has 2 fully saturated rings. The molecule has 0 amide bonds. The third-order valence-electron chi connectivity index (χ3n) is 3.70. The van der Waals surface area contributed by atoms with Gasteiger partial charge >= 0.3 is 0 Å². The van der Waals surface area contributed by atoms with Crippen molar-refractivity contribution in [2.24, 2.45) is 0 Å². The van der Waals surface area contributed by atoms with Gasteiger partial charge in [0.05, 0.1) is 6.10 Å². The summed E-state index contributed by atoms with van der Waals surface area (Å²) < 4.78 is 6.28. The molecule has 0 spiro atoms. The molecule has 2 rings (SSSR count). The molecule has 0 aromatic carbocycles. The SMILES string of the molecule is CC(C)OP(C1CCCC1)C1CCCC1. The van der Waals surface area contributed by atoms with E-state index in [9.17, 15) is 0 Å². The van der Waals surface area contributed by atoms with Crippen LogP contribution in [0.5, 0.6) is 0 Å². The van der Waals surface area contributed by atoms with Crippen LogP contribution in [0.4, 0.5) is 0 Å². The second-order valence-corrected chi connectivity index (χ2v) is 7.78. The first-order valence-corrected chi connectivity index (χ1v) is 8.12. The predicted molar refractivity (Wildman–Crippen MR) is 67.7 cm³/mol. The Morgan fingerprint density at radius 1 is 0.867 bits per heavy atom. The molecule has 2 aliphatic rings. The topological polar surface area (TPSA) is 9.23 Å². The average molecular weight is 228 g/mol. The fraction of sp³-hybridized carbons (Fsp3) is 1.00. The molecule has 2 saturated carbocycles. The van der Waals surface area contributed by atoms with Gasteiger partial charge in [0.2, 0.25) is 0 Å². The summed E-state index contributed by atoms with van der Waals surface area (Å²) in [5.74, 6) is 0. The first-order valence-electron chi connectivity index (χ1n) is 6.72. The highest BCUT2D eigenvalue weighted by atomic mass is 31.1. The molecule has 0 saturated heterocycles. The molecular formula is C13H25OP. The minimum absolute atomic E-state index is 0.102. The second kappa shape index (κ2) is 5.64. The van der Waals surface area contributed by atoms with Crippen molar-refractivity contribution in [2.75, 3.05) is 0 Å². The van der Waals surface area contributed by atoms with Crippen LogP contribution in [0.2, 0.25) is 0 Å². The van der Waals surface area contributed by atoms with E-state index in [1.807, 2.05) is 0 Å². The van der Waals surface area contributed by atoms with Crippen molar-refractivity contribution >= 4 is 8.15 Å². The third-order valence-corrected chi connectivity index (χ3v) is 6.84. The van der Waals surface area contributed by atoms with E-state index in [2.05, 4.69) is 13.8 Å². The molecule has 0 aromatic rings. The Kier molecular flexibility index (Phi) is 4.46. The van der Waals surface area contributed by atoms with E-state index in [-0.39, 0.29) is 8.15 Å². The summed E-state index contributed by atoms with van der Waals surface area (Å²) in [5.41, 5.74) is 1.90. The van der Waals surface area contributed by atoms with Crippen molar-refractivity contribution in [1.82, 2.24) is 0 Å². The molecule has 2 heteroatoms. The van der Waals surface area contributed by atoms with Crippen LogP contribution in [0.1, 0.15) is 65.2 Å². The molecule has 2 aliphatic carbocycles. The highest BCUT2D eigenvalue weighted by Gasteiger charge is 2.34. The molecule has 0 heterocycles. The lowest BCUT2D eigenvalue weighted by atomic mass is 10.4. The second-order valence-electron chi connectivity index (χ2n) is 5.39. The highest BCUT2D eigenvalue weighted by molar-refractivity contribution is 7.54. The first kappa shape index (κ1) is 11.9. The van der Waals surface area contributed by atoms with E-state index in [0.717, 1.165) is 11.3 Å². The zero-order valence-corrected chi connectivity index (χ0v) is 11.1. The monoisotopic (exact) mass is 228 g/mol. The lowest BCUT2D eigenvalue weighted by molar-refractivity contribution is 0.262. The molecule has 1 nitrogen and oxygen atoms in total. The Balaban J connectivity index is 1.94. The Labute approximate surface area is 95.8 Å². The van der Waals surface area contributed by atoms with Gasteiger partial charge in [-0.05, 0) is 39.5 Å². The molecule has 0 radical (unpaired) electrons. The van der Waals surface area contributed by atoms with Crippen molar-refractivity contribution in [3.63, 3.8) is 0 Å². The van der Waals surface area contributed by atoms with Crippen molar-refractivity contribution in [2.45, 2.75) is 82.6 Å². The number of rotatable bonds is 4. The van der Waals surface area contributed by atoms with Crippen molar-refractivity contribution < 1.29 is 4.52 Å². The predicted octanol–water partition coefficient (Wildman–Crippen LogP) is 4.69. The smallest absolute Gasteiger partial charge is 0.0561 e. The van der Waals surface area contributed by atoms with E-state index in [4.69, 9.17) is 4.52 Å². The van der Waals surface area contributed by atoms with Gasteiger partial charge in [0.1, 0.15) is 0 Å². The summed E-state index contributed by atoms with van der Waals surface area (Å²) in [4.78, 5) is 0. The maximum atomic E-state index is 6.28. The third kappa shape index (κ3) is 3.17. The zero-order valence-electron chi connectivity index (χ0n) is 10.2. The van der Waals surface area contributed by atoms with E-state index < -0.39 is 0 Å². The van der Waals surface area contributed by atoms with Gasteiger partial charge in [-0.1, -0.05) is 25.7 Å². The summed E-state index contributed by atoms with van der Waals surface area (Å²) in [6, 6.07) is 0. The molecule has 0 unspecified atom stereocenters. The van der Waals surface area contributed by atoms with Gasteiger partial charge in [-0.2, -0.15) is 0 Å².